The molecule has 1 unspecified atom stereocenters. The van der Waals surface area contributed by atoms with E-state index in [0.29, 0.717) is 24.8 Å². The SMILES string of the molecule is CC(C)OC(=O)C1=CCC(C(=O)OC(C)C)CC1. The zero-order chi connectivity index (χ0) is 13.7. The maximum atomic E-state index is 11.7. The number of carbonyl (C=O) groups is 2. The standard InChI is InChI=1S/C14H22O4/c1-9(2)17-13(15)11-5-7-12(8-6-11)14(16)18-10(3)4/h5,9-10,12H,6-8H2,1-4H3. The Bertz CT molecular complexity index is 342. The van der Waals surface area contributed by atoms with Crippen LogP contribution in [-0.2, 0) is 19.1 Å². The second-order valence-electron chi connectivity index (χ2n) is 5.14. The van der Waals surface area contributed by atoms with E-state index in [0.717, 1.165) is 0 Å². The van der Waals surface area contributed by atoms with E-state index in [-0.39, 0.29) is 30.1 Å². The average Bonchev–Trinajstić information content (AvgIpc) is 2.27. The highest BCUT2D eigenvalue weighted by atomic mass is 16.5. The topological polar surface area (TPSA) is 52.6 Å². The summed E-state index contributed by atoms with van der Waals surface area (Å²) in [6.45, 7) is 7.32. The number of esters is 2. The minimum atomic E-state index is -0.263. The van der Waals surface area contributed by atoms with E-state index in [2.05, 4.69) is 0 Å². The normalized spacial score (nSPS) is 19.7. The molecule has 0 amide bonds. The predicted octanol–water partition coefficient (Wildman–Crippen LogP) is 2.62. The first kappa shape index (κ1) is 14.7. The van der Waals surface area contributed by atoms with Crippen LogP contribution in [-0.4, -0.2) is 24.1 Å². The van der Waals surface area contributed by atoms with Gasteiger partial charge >= 0.3 is 11.9 Å². The van der Waals surface area contributed by atoms with Gasteiger partial charge in [0.2, 0.25) is 0 Å². The summed E-state index contributed by atoms with van der Waals surface area (Å²) in [6, 6.07) is 0. The number of carbonyl (C=O) groups excluding carboxylic acids is 2. The summed E-state index contributed by atoms with van der Waals surface area (Å²) in [4.78, 5) is 23.4. The maximum Gasteiger partial charge on any atom is 0.333 e. The summed E-state index contributed by atoms with van der Waals surface area (Å²) >= 11 is 0. The molecule has 0 fully saturated rings. The molecule has 4 heteroatoms. The molecular weight excluding hydrogens is 232 g/mol. The van der Waals surface area contributed by atoms with Crippen molar-refractivity contribution in [2.45, 2.75) is 59.2 Å². The molecule has 102 valence electrons. The van der Waals surface area contributed by atoms with Gasteiger partial charge in [-0.1, -0.05) is 6.08 Å². The van der Waals surface area contributed by atoms with Gasteiger partial charge in [0.15, 0.2) is 0 Å². The van der Waals surface area contributed by atoms with E-state index in [1.165, 1.54) is 0 Å². The second-order valence-corrected chi connectivity index (χ2v) is 5.14. The van der Waals surface area contributed by atoms with Crippen molar-refractivity contribution in [2.24, 2.45) is 5.92 Å². The quantitative estimate of drug-likeness (QED) is 0.724. The van der Waals surface area contributed by atoms with Gasteiger partial charge in [-0.2, -0.15) is 0 Å². The largest absolute Gasteiger partial charge is 0.463 e. The van der Waals surface area contributed by atoms with Crippen LogP contribution in [0.25, 0.3) is 0 Å². The molecule has 0 aromatic heterocycles. The molecule has 1 atom stereocenters. The molecule has 1 aliphatic rings. The van der Waals surface area contributed by atoms with Crippen molar-refractivity contribution in [2.75, 3.05) is 0 Å². The van der Waals surface area contributed by atoms with Crippen molar-refractivity contribution in [3.05, 3.63) is 11.6 Å². The molecule has 18 heavy (non-hydrogen) atoms. The molecule has 0 radical (unpaired) electrons. The van der Waals surface area contributed by atoms with Gasteiger partial charge in [0.1, 0.15) is 0 Å². The molecule has 0 spiro atoms. The fourth-order valence-electron chi connectivity index (χ4n) is 1.85. The van der Waals surface area contributed by atoms with Crippen LogP contribution >= 0.6 is 0 Å². The summed E-state index contributed by atoms with van der Waals surface area (Å²) in [6.07, 6.45) is 3.42. The Hall–Kier alpha value is -1.32. The van der Waals surface area contributed by atoms with Crippen molar-refractivity contribution in [1.29, 1.82) is 0 Å². The molecule has 0 saturated carbocycles. The molecular formula is C14H22O4. The number of rotatable bonds is 4. The Labute approximate surface area is 108 Å². The van der Waals surface area contributed by atoms with E-state index < -0.39 is 0 Å². The first-order valence-corrected chi connectivity index (χ1v) is 6.50. The molecule has 0 aromatic rings. The third-order valence-corrected chi connectivity index (χ3v) is 2.70. The Morgan fingerprint density at radius 3 is 2.22 bits per heavy atom. The van der Waals surface area contributed by atoms with Crippen LogP contribution in [0.3, 0.4) is 0 Å². The van der Waals surface area contributed by atoms with Gasteiger partial charge in [-0.15, -0.1) is 0 Å². The van der Waals surface area contributed by atoms with Crippen molar-refractivity contribution >= 4 is 11.9 Å². The van der Waals surface area contributed by atoms with E-state index in [1.807, 2.05) is 27.7 Å². The molecule has 4 nitrogen and oxygen atoms in total. The van der Waals surface area contributed by atoms with Gasteiger partial charge in [-0.3, -0.25) is 4.79 Å². The van der Waals surface area contributed by atoms with Crippen LogP contribution in [0.4, 0.5) is 0 Å². The smallest absolute Gasteiger partial charge is 0.333 e. The highest BCUT2D eigenvalue weighted by Gasteiger charge is 2.26. The fourth-order valence-corrected chi connectivity index (χ4v) is 1.85. The fraction of sp³-hybridized carbons (Fsp3) is 0.714. The summed E-state index contributed by atoms with van der Waals surface area (Å²) in [5, 5.41) is 0. The summed E-state index contributed by atoms with van der Waals surface area (Å²) < 4.78 is 10.3. The van der Waals surface area contributed by atoms with E-state index in [1.54, 1.807) is 6.08 Å². The van der Waals surface area contributed by atoms with E-state index >= 15 is 0 Å². The highest BCUT2D eigenvalue weighted by molar-refractivity contribution is 5.89. The zero-order valence-corrected chi connectivity index (χ0v) is 11.6. The Kier molecular flexibility index (Phi) is 5.38. The minimum absolute atomic E-state index is 0.0891. The lowest BCUT2D eigenvalue weighted by Gasteiger charge is -2.21. The van der Waals surface area contributed by atoms with Crippen LogP contribution in [0.1, 0.15) is 47.0 Å². The molecule has 0 heterocycles. The van der Waals surface area contributed by atoms with Gasteiger partial charge in [0.25, 0.3) is 0 Å². The summed E-state index contributed by atoms with van der Waals surface area (Å²) in [5.41, 5.74) is 0.678. The molecule has 1 rings (SSSR count). The van der Waals surface area contributed by atoms with Crippen LogP contribution < -0.4 is 0 Å². The van der Waals surface area contributed by atoms with Crippen molar-refractivity contribution in [1.82, 2.24) is 0 Å². The minimum Gasteiger partial charge on any atom is -0.463 e. The number of hydrogen-bond acceptors (Lipinski definition) is 4. The monoisotopic (exact) mass is 254 g/mol. The van der Waals surface area contributed by atoms with Gasteiger partial charge < -0.3 is 9.47 Å². The van der Waals surface area contributed by atoms with Crippen LogP contribution in [0.15, 0.2) is 11.6 Å². The van der Waals surface area contributed by atoms with Crippen molar-refractivity contribution in [3.63, 3.8) is 0 Å². The molecule has 0 aromatic carbocycles. The van der Waals surface area contributed by atoms with E-state index in [4.69, 9.17) is 9.47 Å². The van der Waals surface area contributed by atoms with E-state index in [9.17, 15) is 9.59 Å². The van der Waals surface area contributed by atoms with Crippen molar-refractivity contribution < 1.29 is 19.1 Å². The Balaban J connectivity index is 2.50. The summed E-state index contributed by atoms with van der Waals surface area (Å²) in [5.74, 6) is -0.554. The van der Waals surface area contributed by atoms with Crippen molar-refractivity contribution in [3.8, 4) is 0 Å². The first-order valence-electron chi connectivity index (χ1n) is 6.50. The third-order valence-electron chi connectivity index (χ3n) is 2.70. The number of ether oxygens (including phenoxy) is 2. The highest BCUT2D eigenvalue weighted by Crippen LogP contribution is 2.26. The molecule has 0 bridgehead atoms. The predicted molar refractivity (Wildman–Crippen MR) is 67.9 cm³/mol. The first-order chi connectivity index (χ1) is 8.40. The Morgan fingerprint density at radius 2 is 1.78 bits per heavy atom. The van der Waals surface area contributed by atoms with Gasteiger partial charge in [0, 0.05) is 5.57 Å². The maximum absolute atomic E-state index is 11.7. The van der Waals surface area contributed by atoms with Gasteiger partial charge in [-0.25, -0.2) is 4.79 Å². The zero-order valence-electron chi connectivity index (χ0n) is 11.6. The average molecular weight is 254 g/mol. The Morgan fingerprint density at radius 1 is 1.17 bits per heavy atom. The number of allylic oxidation sites excluding steroid dienone is 1. The third kappa shape index (κ3) is 4.51. The van der Waals surface area contributed by atoms with Gasteiger partial charge in [0.05, 0.1) is 18.1 Å². The van der Waals surface area contributed by atoms with Crippen LogP contribution in [0.2, 0.25) is 0 Å². The molecule has 0 N–H and O–H groups in total. The molecule has 0 saturated heterocycles. The lowest BCUT2D eigenvalue weighted by Crippen LogP contribution is -2.24. The summed E-state index contributed by atoms with van der Waals surface area (Å²) in [7, 11) is 0. The van der Waals surface area contributed by atoms with Crippen LogP contribution in [0.5, 0.6) is 0 Å². The van der Waals surface area contributed by atoms with Crippen LogP contribution in [0, 0.1) is 5.92 Å². The second kappa shape index (κ2) is 6.57. The lowest BCUT2D eigenvalue weighted by molar-refractivity contribution is -0.153. The molecule has 1 aliphatic carbocycles. The molecule has 0 aliphatic heterocycles. The number of hydrogen-bond donors (Lipinski definition) is 0. The van der Waals surface area contributed by atoms with Gasteiger partial charge in [-0.05, 0) is 47.0 Å². The lowest BCUT2D eigenvalue weighted by atomic mass is 9.89.